The maximum atomic E-state index is 8.81. The average molecular weight is 247 g/mol. The lowest BCUT2D eigenvalue weighted by Crippen LogP contribution is -1.95. The summed E-state index contributed by atoms with van der Waals surface area (Å²) in [6.07, 6.45) is 4.15. The van der Waals surface area contributed by atoms with Crippen LogP contribution in [0.2, 0.25) is 0 Å². The van der Waals surface area contributed by atoms with Gasteiger partial charge >= 0.3 is 0 Å². The fourth-order valence-corrected chi connectivity index (χ4v) is 2.38. The average Bonchev–Trinajstić information content (AvgIpc) is 2.85. The van der Waals surface area contributed by atoms with Crippen LogP contribution in [0.1, 0.15) is 11.3 Å². The largest absolute Gasteiger partial charge is 0.303 e. The number of hydrogen-bond acceptors (Lipinski definition) is 2. The van der Waals surface area contributed by atoms with Gasteiger partial charge in [0.25, 0.3) is 0 Å². The Morgan fingerprint density at radius 3 is 2.74 bits per heavy atom. The quantitative estimate of drug-likeness (QED) is 0.696. The van der Waals surface area contributed by atoms with Crippen LogP contribution in [0.4, 0.5) is 0 Å². The third-order valence-corrected chi connectivity index (χ3v) is 3.35. The second-order valence-corrected chi connectivity index (χ2v) is 4.50. The zero-order valence-corrected chi connectivity index (χ0v) is 10.7. The van der Waals surface area contributed by atoms with Gasteiger partial charge in [0, 0.05) is 11.8 Å². The fraction of sp³-hybridized carbons (Fsp3) is 0.125. The van der Waals surface area contributed by atoms with E-state index < -0.39 is 0 Å². The van der Waals surface area contributed by atoms with Crippen molar-refractivity contribution in [1.82, 2.24) is 9.38 Å². The third kappa shape index (κ3) is 1.88. The Bertz CT molecular complexity index is 764. The first kappa shape index (κ1) is 11.5. The molecule has 0 radical (unpaired) electrons. The molecule has 2 aromatic heterocycles. The molecule has 0 saturated heterocycles. The van der Waals surface area contributed by atoms with Gasteiger partial charge in [-0.3, -0.25) is 0 Å². The summed E-state index contributed by atoms with van der Waals surface area (Å²) in [4.78, 5) is 4.43. The number of benzene rings is 1. The lowest BCUT2D eigenvalue weighted by molar-refractivity contribution is 1.05. The SMILES string of the molecule is Cc1c(-c2ccccc2)ccn2c(CC#N)cnc12. The Balaban J connectivity index is 2.20. The Kier molecular flexibility index (Phi) is 2.77. The van der Waals surface area contributed by atoms with E-state index in [1.165, 1.54) is 11.1 Å². The van der Waals surface area contributed by atoms with Gasteiger partial charge in [0.2, 0.25) is 0 Å². The normalized spacial score (nSPS) is 10.5. The second kappa shape index (κ2) is 4.58. The molecule has 0 spiro atoms. The summed E-state index contributed by atoms with van der Waals surface area (Å²) in [5, 5.41) is 8.81. The summed E-state index contributed by atoms with van der Waals surface area (Å²) in [5.41, 5.74) is 5.36. The lowest BCUT2D eigenvalue weighted by Gasteiger charge is -2.08. The molecule has 1 aromatic carbocycles. The molecule has 0 amide bonds. The summed E-state index contributed by atoms with van der Waals surface area (Å²) in [7, 11) is 0. The Hall–Kier alpha value is -2.60. The molecule has 0 N–H and O–H groups in total. The van der Waals surface area contributed by atoms with Crippen LogP contribution in [0.25, 0.3) is 16.8 Å². The first-order valence-electron chi connectivity index (χ1n) is 6.19. The lowest BCUT2D eigenvalue weighted by atomic mass is 10.0. The van der Waals surface area contributed by atoms with Crippen LogP contribution in [-0.4, -0.2) is 9.38 Å². The van der Waals surface area contributed by atoms with Gasteiger partial charge in [0.05, 0.1) is 24.4 Å². The Morgan fingerprint density at radius 1 is 1.21 bits per heavy atom. The van der Waals surface area contributed by atoms with E-state index >= 15 is 0 Å². The van der Waals surface area contributed by atoms with Crippen LogP contribution in [0, 0.1) is 18.3 Å². The van der Waals surface area contributed by atoms with Gasteiger partial charge in [0.15, 0.2) is 0 Å². The molecule has 2 heterocycles. The number of imidazole rings is 1. The monoisotopic (exact) mass is 247 g/mol. The molecule has 0 unspecified atom stereocenters. The number of fused-ring (bicyclic) bond motifs is 1. The summed E-state index contributed by atoms with van der Waals surface area (Å²) in [6.45, 7) is 2.07. The molecule has 3 heteroatoms. The number of nitrogens with zero attached hydrogens (tertiary/aromatic N) is 3. The van der Waals surface area contributed by atoms with Gasteiger partial charge in [0.1, 0.15) is 5.65 Å². The minimum absolute atomic E-state index is 0.380. The molecule has 3 aromatic rings. The van der Waals surface area contributed by atoms with Crippen LogP contribution < -0.4 is 0 Å². The van der Waals surface area contributed by atoms with E-state index in [4.69, 9.17) is 5.26 Å². The van der Waals surface area contributed by atoms with E-state index in [9.17, 15) is 0 Å². The molecular formula is C16H13N3. The van der Waals surface area contributed by atoms with Gasteiger partial charge in [-0.2, -0.15) is 5.26 Å². The zero-order valence-electron chi connectivity index (χ0n) is 10.7. The summed E-state index contributed by atoms with van der Waals surface area (Å²) < 4.78 is 1.99. The van der Waals surface area contributed by atoms with E-state index in [-0.39, 0.29) is 0 Å². The molecule has 19 heavy (non-hydrogen) atoms. The Morgan fingerprint density at radius 2 is 2.00 bits per heavy atom. The summed E-state index contributed by atoms with van der Waals surface area (Å²) in [5.74, 6) is 0. The Labute approximate surface area is 111 Å². The number of pyridine rings is 1. The van der Waals surface area contributed by atoms with Crippen molar-refractivity contribution >= 4 is 5.65 Å². The van der Waals surface area contributed by atoms with Gasteiger partial charge in [-0.15, -0.1) is 0 Å². The second-order valence-electron chi connectivity index (χ2n) is 4.50. The predicted octanol–water partition coefficient (Wildman–Crippen LogP) is 3.38. The van der Waals surface area contributed by atoms with Crippen molar-refractivity contribution in [1.29, 1.82) is 5.26 Å². The minimum Gasteiger partial charge on any atom is -0.303 e. The summed E-state index contributed by atoms with van der Waals surface area (Å²) in [6, 6.07) is 14.5. The van der Waals surface area contributed by atoms with Crippen LogP contribution in [0.15, 0.2) is 48.8 Å². The zero-order chi connectivity index (χ0) is 13.2. The topological polar surface area (TPSA) is 41.1 Å². The third-order valence-electron chi connectivity index (χ3n) is 3.35. The van der Waals surface area contributed by atoms with E-state index in [1.807, 2.05) is 28.8 Å². The standard InChI is InChI=1S/C16H13N3/c1-12-15(13-5-3-2-4-6-13)8-10-19-14(7-9-17)11-18-16(12)19/h2-6,8,10-11H,7H2,1H3. The van der Waals surface area contributed by atoms with Crippen LogP contribution >= 0.6 is 0 Å². The number of rotatable bonds is 2. The van der Waals surface area contributed by atoms with Crippen molar-refractivity contribution in [3.05, 3.63) is 60.0 Å². The predicted molar refractivity (Wildman–Crippen MR) is 74.7 cm³/mol. The molecule has 0 aliphatic rings. The molecule has 0 saturated carbocycles. The molecule has 92 valence electrons. The highest BCUT2D eigenvalue weighted by molar-refractivity contribution is 5.73. The minimum atomic E-state index is 0.380. The van der Waals surface area contributed by atoms with Crippen LogP contribution in [-0.2, 0) is 6.42 Å². The van der Waals surface area contributed by atoms with Crippen LogP contribution in [0.3, 0.4) is 0 Å². The molecule has 0 aliphatic heterocycles. The van der Waals surface area contributed by atoms with Crippen molar-refractivity contribution in [2.75, 3.05) is 0 Å². The van der Waals surface area contributed by atoms with Crippen LogP contribution in [0.5, 0.6) is 0 Å². The highest BCUT2D eigenvalue weighted by Gasteiger charge is 2.09. The van der Waals surface area contributed by atoms with Gasteiger partial charge in [-0.25, -0.2) is 4.98 Å². The molecule has 3 nitrogen and oxygen atoms in total. The molecule has 0 fully saturated rings. The van der Waals surface area contributed by atoms with E-state index in [2.05, 4.69) is 36.2 Å². The smallest absolute Gasteiger partial charge is 0.140 e. The fourth-order valence-electron chi connectivity index (χ4n) is 2.38. The molecule has 3 rings (SSSR count). The van der Waals surface area contributed by atoms with Crippen molar-refractivity contribution in [3.63, 3.8) is 0 Å². The number of aromatic nitrogens is 2. The molecular weight excluding hydrogens is 234 g/mol. The summed E-state index contributed by atoms with van der Waals surface area (Å²) >= 11 is 0. The van der Waals surface area contributed by atoms with E-state index in [0.29, 0.717) is 6.42 Å². The molecule has 0 bridgehead atoms. The van der Waals surface area contributed by atoms with Crippen molar-refractivity contribution in [3.8, 4) is 17.2 Å². The van der Waals surface area contributed by atoms with Crippen molar-refractivity contribution in [2.24, 2.45) is 0 Å². The van der Waals surface area contributed by atoms with Crippen molar-refractivity contribution in [2.45, 2.75) is 13.3 Å². The maximum absolute atomic E-state index is 8.81. The van der Waals surface area contributed by atoms with Gasteiger partial charge in [-0.1, -0.05) is 30.3 Å². The van der Waals surface area contributed by atoms with E-state index in [1.54, 1.807) is 6.20 Å². The van der Waals surface area contributed by atoms with Crippen molar-refractivity contribution < 1.29 is 0 Å². The molecule has 0 atom stereocenters. The highest BCUT2D eigenvalue weighted by Crippen LogP contribution is 2.26. The maximum Gasteiger partial charge on any atom is 0.140 e. The number of hydrogen-bond donors (Lipinski definition) is 0. The number of nitriles is 1. The molecule has 0 aliphatic carbocycles. The van der Waals surface area contributed by atoms with E-state index in [0.717, 1.165) is 16.9 Å². The van der Waals surface area contributed by atoms with Gasteiger partial charge in [-0.05, 0) is 24.1 Å². The highest BCUT2D eigenvalue weighted by atomic mass is 15.0. The first-order chi connectivity index (χ1) is 9.31. The number of aryl methyl sites for hydroxylation is 1. The first-order valence-corrected chi connectivity index (χ1v) is 6.19. The van der Waals surface area contributed by atoms with Gasteiger partial charge < -0.3 is 4.40 Å².